The van der Waals surface area contributed by atoms with Gasteiger partial charge >= 0.3 is 5.97 Å². The molecule has 0 aromatic heterocycles. The van der Waals surface area contributed by atoms with Gasteiger partial charge in [0.15, 0.2) is 0 Å². The molecule has 1 unspecified atom stereocenters. The van der Waals surface area contributed by atoms with E-state index in [0.29, 0.717) is 18.9 Å². The van der Waals surface area contributed by atoms with Crippen molar-refractivity contribution in [3.8, 4) is 0 Å². The number of carbonyl (C=O) groups excluding carboxylic acids is 1. The van der Waals surface area contributed by atoms with E-state index in [9.17, 15) is 4.79 Å². The summed E-state index contributed by atoms with van der Waals surface area (Å²) in [5.41, 5.74) is 0. The summed E-state index contributed by atoms with van der Waals surface area (Å²) in [4.78, 5) is 14.4. The quantitative estimate of drug-likeness (QED) is 0.130. The van der Waals surface area contributed by atoms with E-state index >= 15 is 0 Å². The number of ether oxygens (including phenoxy) is 1. The van der Waals surface area contributed by atoms with Crippen LogP contribution in [-0.2, 0) is 9.53 Å². The summed E-state index contributed by atoms with van der Waals surface area (Å²) in [5, 5.41) is 3.49. The maximum absolute atomic E-state index is 12.2. The number of nitrogens with one attached hydrogen (secondary N) is 1. The average molecular weight is 441 g/mol. The van der Waals surface area contributed by atoms with Crippen molar-refractivity contribution in [1.82, 2.24) is 10.2 Å². The molecule has 0 radical (unpaired) electrons. The fourth-order valence-corrected chi connectivity index (χ4v) is 4.01. The summed E-state index contributed by atoms with van der Waals surface area (Å²) in [7, 11) is 4.23. The van der Waals surface area contributed by atoms with Gasteiger partial charge < -0.3 is 15.0 Å². The zero-order chi connectivity index (χ0) is 23.0. The minimum Gasteiger partial charge on any atom is -0.465 e. The molecule has 0 aromatic rings. The average Bonchev–Trinajstić information content (AvgIpc) is 2.75. The van der Waals surface area contributed by atoms with E-state index in [1.54, 1.807) is 0 Å². The third-order valence-corrected chi connectivity index (χ3v) is 6.11. The van der Waals surface area contributed by atoms with E-state index in [2.05, 4.69) is 38.2 Å². The Kier molecular flexibility index (Phi) is 23.6. The smallest absolute Gasteiger partial charge is 0.305 e. The molecule has 1 atom stereocenters. The number of unbranched alkanes of at least 4 members (excludes halogenated alkanes) is 10. The van der Waals surface area contributed by atoms with Gasteiger partial charge in [0.2, 0.25) is 0 Å². The second-order valence-corrected chi connectivity index (χ2v) is 9.67. The van der Waals surface area contributed by atoms with Gasteiger partial charge in [-0.2, -0.15) is 0 Å². The minimum absolute atomic E-state index is 0.0143. The van der Waals surface area contributed by atoms with E-state index in [0.717, 1.165) is 38.9 Å². The highest BCUT2D eigenvalue weighted by atomic mass is 16.5. The van der Waals surface area contributed by atoms with E-state index in [4.69, 9.17) is 4.74 Å². The third kappa shape index (κ3) is 23.9. The van der Waals surface area contributed by atoms with Crippen molar-refractivity contribution in [2.24, 2.45) is 5.92 Å². The molecule has 0 amide bonds. The Morgan fingerprint density at radius 2 is 1.29 bits per heavy atom. The maximum atomic E-state index is 12.2. The van der Waals surface area contributed by atoms with Crippen LogP contribution in [0.5, 0.6) is 0 Å². The molecule has 0 saturated heterocycles. The molecular formula is C27H56N2O2. The largest absolute Gasteiger partial charge is 0.465 e. The van der Waals surface area contributed by atoms with Gasteiger partial charge in [0.05, 0.1) is 6.61 Å². The highest BCUT2D eigenvalue weighted by molar-refractivity contribution is 5.69. The van der Waals surface area contributed by atoms with Crippen LogP contribution in [0.4, 0.5) is 0 Å². The zero-order valence-electron chi connectivity index (χ0n) is 21.7. The fraction of sp³-hybridized carbons (Fsp3) is 0.963. The van der Waals surface area contributed by atoms with Gasteiger partial charge in [-0.3, -0.25) is 4.79 Å². The number of rotatable bonds is 24. The van der Waals surface area contributed by atoms with Crippen LogP contribution in [0.2, 0.25) is 0 Å². The first-order valence-electron chi connectivity index (χ1n) is 13.6. The summed E-state index contributed by atoms with van der Waals surface area (Å²) in [6.07, 6.45) is 20.7. The maximum Gasteiger partial charge on any atom is 0.305 e. The predicted octanol–water partition coefficient (Wildman–Crippen LogP) is 6.97. The van der Waals surface area contributed by atoms with E-state index < -0.39 is 0 Å². The van der Waals surface area contributed by atoms with Crippen molar-refractivity contribution >= 4 is 5.97 Å². The van der Waals surface area contributed by atoms with Gasteiger partial charge in [-0.15, -0.1) is 0 Å². The standard InChI is InChI=1S/C27H56N2O2/c1-5-7-9-11-12-15-20-26(19-14-10-8-6-2)25-31-27(30)21-16-13-17-22-28-23-18-24-29(3)4/h26,28H,5-25H2,1-4H3. The second-order valence-electron chi connectivity index (χ2n) is 9.67. The van der Waals surface area contributed by atoms with Crippen LogP contribution in [0.3, 0.4) is 0 Å². The topological polar surface area (TPSA) is 41.6 Å². The van der Waals surface area contributed by atoms with Crippen LogP contribution in [-0.4, -0.2) is 51.2 Å². The molecule has 0 bridgehead atoms. The number of esters is 1. The third-order valence-electron chi connectivity index (χ3n) is 6.11. The lowest BCUT2D eigenvalue weighted by Crippen LogP contribution is -2.22. The van der Waals surface area contributed by atoms with Gasteiger partial charge in [-0.25, -0.2) is 0 Å². The van der Waals surface area contributed by atoms with Crippen LogP contribution < -0.4 is 5.32 Å². The van der Waals surface area contributed by atoms with Gasteiger partial charge in [-0.1, -0.05) is 84.5 Å². The molecule has 4 heteroatoms. The molecule has 186 valence electrons. The molecule has 4 nitrogen and oxygen atoms in total. The summed E-state index contributed by atoms with van der Waals surface area (Å²) in [5.74, 6) is 0.582. The number of carbonyl (C=O) groups is 1. The molecule has 0 aliphatic rings. The van der Waals surface area contributed by atoms with Gasteiger partial charge in [-0.05, 0) is 71.8 Å². The Bertz CT molecular complexity index is 374. The van der Waals surface area contributed by atoms with Crippen LogP contribution >= 0.6 is 0 Å². The van der Waals surface area contributed by atoms with Crippen LogP contribution in [0.1, 0.15) is 123 Å². The fourth-order valence-electron chi connectivity index (χ4n) is 4.01. The lowest BCUT2D eigenvalue weighted by atomic mass is 9.95. The SMILES string of the molecule is CCCCCCCCC(CCCCCC)COC(=O)CCCCCNCCCN(C)C. The van der Waals surface area contributed by atoms with Crippen LogP contribution in [0.25, 0.3) is 0 Å². The van der Waals surface area contributed by atoms with Crippen molar-refractivity contribution < 1.29 is 9.53 Å². The molecule has 0 heterocycles. The number of hydrogen-bond donors (Lipinski definition) is 1. The zero-order valence-corrected chi connectivity index (χ0v) is 21.7. The monoisotopic (exact) mass is 440 g/mol. The Balaban J connectivity index is 3.82. The molecular weight excluding hydrogens is 384 g/mol. The first kappa shape index (κ1) is 30.4. The molecule has 0 aromatic carbocycles. The van der Waals surface area contributed by atoms with Crippen molar-refractivity contribution in [3.05, 3.63) is 0 Å². The van der Waals surface area contributed by atoms with Crippen molar-refractivity contribution in [1.29, 1.82) is 0 Å². The van der Waals surface area contributed by atoms with Gasteiger partial charge in [0, 0.05) is 6.42 Å². The first-order valence-corrected chi connectivity index (χ1v) is 13.6. The Morgan fingerprint density at radius 3 is 1.94 bits per heavy atom. The summed E-state index contributed by atoms with van der Waals surface area (Å²) < 4.78 is 5.68. The first-order chi connectivity index (χ1) is 15.1. The Hall–Kier alpha value is -0.610. The van der Waals surface area contributed by atoms with Crippen molar-refractivity contribution in [3.63, 3.8) is 0 Å². The number of nitrogens with zero attached hydrogens (tertiary/aromatic N) is 1. The molecule has 0 fully saturated rings. The highest BCUT2D eigenvalue weighted by Crippen LogP contribution is 2.19. The Morgan fingerprint density at radius 1 is 0.742 bits per heavy atom. The predicted molar refractivity (Wildman–Crippen MR) is 136 cm³/mol. The minimum atomic E-state index is 0.0143. The van der Waals surface area contributed by atoms with Gasteiger partial charge in [0.25, 0.3) is 0 Å². The summed E-state index contributed by atoms with van der Waals surface area (Å²) >= 11 is 0. The molecule has 0 saturated carbocycles. The van der Waals surface area contributed by atoms with Crippen molar-refractivity contribution in [2.45, 2.75) is 123 Å². The van der Waals surface area contributed by atoms with Crippen molar-refractivity contribution in [2.75, 3.05) is 40.3 Å². The summed E-state index contributed by atoms with van der Waals surface area (Å²) in [6, 6.07) is 0. The van der Waals surface area contributed by atoms with Crippen LogP contribution in [0.15, 0.2) is 0 Å². The molecule has 31 heavy (non-hydrogen) atoms. The highest BCUT2D eigenvalue weighted by Gasteiger charge is 2.12. The van der Waals surface area contributed by atoms with E-state index in [-0.39, 0.29) is 5.97 Å². The van der Waals surface area contributed by atoms with E-state index in [1.807, 2.05) is 0 Å². The van der Waals surface area contributed by atoms with Crippen LogP contribution in [0, 0.1) is 5.92 Å². The van der Waals surface area contributed by atoms with Gasteiger partial charge in [0.1, 0.15) is 0 Å². The summed E-state index contributed by atoms with van der Waals surface area (Å²) in [6.45, 7) is 8.45. The molecule has 0 rings (SSSR count). The molecule has 1 N–H and O–H groups in total. The molecule has 0 spiro atoms. The second kappa shape index (κ2) is 24.0. The lowest BCUT2D eigenvalue weighted by molar-refractivity contribution is -0.145. The normalized spacial score (nSPS) is 12.4. The molecule has 0 aliphatic heterocycles. The van der Waals surface area contributed by atoms with E-state index in [1.165, 1.54) is 83.5 Å². The lowest BCUT2D eigenvalue weighted by Gasteiger charge is -2.17. The molecule has 0 aliphatic carbocycles. The Labute approximate surface area is 195 Å². The number of hydrogen-bond acceptors (Lipinski definition) is 4.